The Hall–Kier alpha value is -10.0. The minimum atomic E-state index is 0.0894. The van der Waals surface area contributed by atoms with Crippen molar-refractivity contribution in [3.05, 3.63) is 288 Å². The van der Waals surface area contributed by atoms with Gasteiger partial charge in [0.25, 0.3) is 0 Å². The normalized spacial score (nSPS) is 12.2. The summed E-state index contributed by atoms with van der Waals surface area (Å²) in [5.41, 5.74) is 31.4. The van der Waals surface area contributed by atoms with Crippen molar-refractivity contribution in [1.29, 1.82) is 0 Å². The number of benzene rings is 13. The molecule has 0 aliphatic carbocycles. The largest absolute Gasteiger partial charge is 0.309 e. The van der Waals surface area contributed by atoms with Gasteiger partial charge in [-0.2, -0.15) is 0 Å². The van der Waals surface area contributed by atoms with Gasteiger partial charge in [-0.25, -0.2) is 0 Å². The number of fused-ring (bicyclic) bond motifs is 8. The van der Waals surface area contributed by atoms with Crippen LogP contribution in [0.4, 0.5) is 0 Å². The van der Waals surface area contributed by atoms with Crippen molar-refractivity contribution < 1.29 is 0 Å². The van der Waals surface area contributed by atoms with Gasteiger partial charge in [0, 0.05) is 32.9 Å². The van der Waals surface area contributed by atoms with E-state index in [1.165, 1.54) is 182 Å². The summed E-state index contributed by atoms with van der Waals surface area (Å²) in [4.78, 5) is 0. The monoisotopic (exact) mass is 1200 g/mol. The first-order valence-electron chi connectivity index (χ1n) is 33.7. The van der Waals surface area contributed by atoms with Gasteiger partial charge in [-0.15, -0.1) is 0 Å². The van der Waals surface area contributed by atoms with E-state index < -0.39 is 0 Å². The average molecular weight is 1200 g/mol. The molecule has 0 atom stereocenters. The van der Waals surface area contributed by atoms with E-state index in [1.807, 2.05) is 0 Å². The van der Waals surface area contributed by atoms with Gasteiger partial charge < -0.3 is 9.13 Å². The number of hydrogen-bond acceptors (Lipinski definition) is 0. The maximum atomic E-state index is 2.47. The quantitative estimate of drug-likeness (QED) is 0.0961. The van der Waals surface area contributed by atoms with Crippen LogP contribution in [-0.2, 0) is 10.8 Å². The molecule has 0 saturated heterocycles. The highest BCUT2D eigenvalue weighted by Gasteiger charge is 2.25. The second-order valence-corrected chi connectivity index (χ2v) is 28.1. The fourth-order valence-electron chi connectivity index (χ4n) is 15.4. The second kappa shape index (κ2) is 23.3. The number of para-hydroxylation sites is 1. The summed E-state index contributed by atoms with van der Waals surface area (Å²) < 4.78 is 4.88. The summed E-state index contributed by atoms with van der Waals surface area (Å²) in [5.74, 6) is 0. The Morgan fingerprint density at radius 1 is 0.258 bits per heavy atom. The summed E-state index contributed by atoms with van der Waals surface area (Å²) in [6, 6.07) is 94.9. The average Bonchev–Trinajstić information content (AvgIpc) is 1.74. The van der Waals surface area contributed by atoms with Gasteiger partial charge in [-0.05, 0) is 258 Å². The van der Waals surface area contributed by atoms with E-state index in [-0.39, 0.29) is 10.8 Å². The predicted molar refractivity (Wildman–Crippen MR) is 402 cm³/mol. The molecule has 15 rings (SSSR count). The molecular weight excluding hydrogens is 1120 g/mol. The maximum Gasteiger partial charge on any atom is 0.0541 e. The van der Waals surface area contributed by atoms with E-state index in [4.69, 9.17) is 0 Å². The second-order valence-electron chi connectivity index (χ2n) is 28.1. The van der Waals surface area contributed by atoms with Crippen LogP contribution in [0, 0.1) is 34.6 Å². The van der Waals surface area contributed by atoms with Crippen LogP contribution in [0.5, 0.6) is 0 Å². The lowest BCUT2D eigenvalue weighted by Gasteiger charge is -2.25. The molecule has 0 spiro atoms. The van der Waals surface area contributed by atoms with Gasteiger partial charge in [0.2, 0.25) is 0 Å². The van der Waals surface area contributed by atoms with Crippen LogP contribution in [0.3, 0.4) is 0 Å². The summed E-state index contributed by atoms with van der Waals surface area (Å²) in [5, 5.41) is 10.3. The molecule has 2 heterocycles. The lowest BCUT2D eigenvalue weighted by molar-refractivity contribution is 0.473. The lowest BCUT2D eigenvalue weighted by atomic mass is 9.80. The van der Waals surface area contributed by atoms with E-state index in [2.05, 4.69) is 334 Å². The van der Waals surface area contributed by atoms with Crippen molar-refractivity contribution in [3.63, 3.8) is 0 Å². The minimum Gasteiger partial charge on any atom is -0.309 e. The molecular formula is C91H82N2. The number of nitrogens with zero attached hydrogens (tertiary/aromatic N) is 2. The number of aromatic nitrogens is 2. The van der Waals surface area contributed by atoms with Gasteiger partial charge >= 0.3 is 0 Å². The highest BCUT2D eigenvalue weighted by atomic mass is 15.0. The van der Waals surface area contributed by atoms with Crippen molar-refractivity contribution in [1.82, 2.24) is 9.13 Å². The Labute approximate surface area is 549 Å². The zero-order chi connectivity index (χ0) is 64.0. The third kappa shape index (κ3) is 10.5. The van der Waals surface area contributed by atoms with Crippen LogP contribution in [0.25, 0.3) is 143 Å². The van der Waals surface area contributed by atoms with Crippen molar-refractivity contribution in [2.75, 3.05) is 0 Å². The SMILES string of the molecule is CCCC(C)(C)c1ccc2c(c1)c1cc(-c3ccc(-c4ccc(-c5c6cc(C)c(C)cc6c(-c6ccc(-c7ccc(-c8ccc9c(c8)c8cc(C(C)(C)CCC)ccc8n9-c8cccc(C)c8)cc7)cc6)c6cc(C)c(C)cc56)cc4)cc3)ccc1n2-c1ccccc1. The van der Waals surface area contributed by atoms with Crippen molar-refractivity contribution in [2.24, 2.45) is 0 Å². The Balaban J connectivity index is 0.745. The molecule has 0 unspecified atom stereocenters. The third-order valence-electron chi connectivity index (χ3n) is 20.9. The third-order valence-corrected chi connectivity index (χ3v) is 20.9. The highest BCUT2D eigenvalue weighted by molar-refractivity contribution is 6.22. The van der Waals surface area contributed by atoms with E-state index in [0.29, 0.717) is 0 Å². The molecule has 2 heteroatoms. The topological polar surface area (TPSA) is 9.86 Å². The summed E-state index contributed by atoms with van der Waals surface area (Å²) >= 11 is 0. The van der Waals surface area contributed by atoms with Crippen molar-refractivity contribution in [3.8, 4) is 78.1 Å². The van der Waals surface area contributed by atoms with Crippen LogP contribution in [0.15, 0.2) is 249 Å². The van der Waals surface area contributed by atoms with E-state index in [9.17, 15) is 0 Å². The maximum absolute atomic E-state index is 2.47. The summed E-state index contributed by atoms with van der Waals surface area (Å²) in [6.45, 7) is 25.3. The molecule has 93 heavy (non-hydrogen) atoms. The fourth-order valence-corrected chi connectivity index (χ4v) is 15.4. The molecule has 0 amide bonds. The molecule has 13 aromatic carbocycles. The van der Waals surface area contributed by atoms with Gasteiger partial charge in [0.1, 0.15) is 0 Å². The van der Waals surface area contributed by atoms with Crippen LogP contribution >= 0.6 is 0 Å². The Bertz CT molecular complexity index is 5330. The number of hydrogen-bond donors (Lipinski definition) is 0. The smallest absolute Gasteiger partial charge is 0.0541 e. The molecule has 2 nitrogen and oxygen atoms in total. The zero-order valence-corrected chi connectivity index (χ0v) is 55.9. The lowest BCUT2D eigenvalue weighted by Crippen LogP contribution is -2.16. The highest BCUT2D eigenvalue weighted by Crippen LogP contribution is 2.47. The van der Waals surface area contributed by atoms with Gasteiger partial charge in [0.05, 0.1) is 22.1 Å². The molecule has 0 bridgehead atoms. The molecule has 0 aliphatic rings. The number of aryl methyl sites for hydroxylation is 5. The molecule has 456 valence electrons. The minimum absolute atomic E-state index is 0.0894. The molecule has 0 saturated carbocycles. The molecule has 0 radical (unpaired) electrons. The van der Waals surface area contributed by atoms with E-state index >= 15 is 0 Å². The zero-order valence-electron chi connectivity index (χ0n) is 55.9. The Morgan fingerprint density at radius 3 is 0.914 bits per heavy atom. The molecule has 0 aliphatic heterocycles. The molecule has 0 N–H and O–H groups in total. The van der Waals surface area contributed by atoms with Crippen LogP contribution < -0.4 is 0 Å². The number of rotatable bonds is 14. The first-order chi connectivity index (χ1) is 45.0. The Morgan fingerprint density at radius 2 is 0.559 bits per heavy atom. The summed E-state index contributed by atoms with van der Waals surface area (Å²) in [7, 11) is 0. The van der Waals surface area contributed by atoms with Crippen LogP contribution in [0.2, 0.25) is 0 Å². The fraction of sp³-hybridized carbons (Fsp3) is 0.187. The molecule has 0 fully saturated rings. The Kier molecular flexibility index (Phi) is 14.8. The van der Waals surface area contributed by atoms with Crippen LogP contribution in [0.1, 0.15) is 106 Å². The van der Waals surface area contributed by atoms with Crippen LogP contribution in [-0.4, -0.2) is 9.13 Å². The predicted octanol–water partition coefficient (Wildman–Crippen LogP) is 25.9. The molecule has 15 aromatic rings. The van der Waals surface area contributed by atoms with E-state index in [1.54, 1.807) is 0 Å². The van der Waals surface area contributed by atoms with Gasteiger partial charge in [-0.1, -0.05) is 230 Å². The van der Waals surface area contributed by atoms with Crippen molar-refractivity contribution in [2.45, 2.75) is 113 Å². The van der Waals surface area contributed by atoms with Gasteiger partial charge in [-0.3, -0.25) is 0 Å². The van der Waals surface area contributed by atoms with Crippen molar-refractivity contribution >= 4 is 65.2 Å². The summed E-state index contributed by atoms with van der Waals surface area (Å²) in [6.07, 6.45) is 4.60. The van der Waals surface area contributed by atoms with Gasteiger partial charge in [0.15, 0.2) is 0 Å². The first-order valence-corrected chi connectivity index (χ1v) is 33.7. The first kappa shape index (κ1) is 59.3. The molecule has 2 aromatic heterocycles. The van der Waals surface area contributed by atoms with E-state index in [0.717, 1.165) is 25.7 Å². The standard InChI is InChI=1S/C91H82N2/c1-12-46-90(8,9)72-40-44-86-78(55-72)76-53-70(38-42-84(76)92(86)74-19-15-14-16-20-74)66-26-22-62(23-27-66)64-30-34-68(35-31-64)88-80-49-58(4)60(6)51-82(80)89(83-52-61(7)59(5)50-81(83)88)69-36-32-65(33-37-69)63-24-28-67(29-25-63)71-39-43-85-77(54-71)79-56-73(91(10,11)47-13-2)41-45-87(79)93(85)75-21-17-18-57(3)48-75/h14-45,48-56H,12-13,46-47H2,1-11H3.